The first kappa shape index (κ1) is 23.8. The van der Waals surface area contributed by atoms with E-state index in [1.807, 2.05) is 6.92 Å². The minimum absolute atomic E-state index is 0.0692. The molecule has 1 aliphatic heterocycles. The Hall–Kier alpha value is -3.31. The molecule has 1 saturated carbocycles. The van der Waals surface area contributed by atoms with Crippen molar-refractivity contribution in [3.8, 4) is 6.07 Å². The van der Waals surface area contributed by atoms with Crippen molar-refractivity contribution in [3.05, 3.63) is 58.9 Å². The van der Waals surface area contributed by atoms with Gasteiger partial charge >= 0.3 is 0 Å². The molecule has 1 saturated heterocycles. The number of hydrogen-bond donors (Lipinski definition) is 1. The molecule has 1 heterocycles. The number of nitrogens with one attached hydrogen (secondary N) is 1. The maximum Gasteiger partial charge on any atom is 0.259 e. The Bertz CT molecular complexity index is 1250. The lowest BCUT2D eigenvalue weighted by atomic mass is 9.67. The largest absolute Gasteiger partial charge is 0.355 e. The van der Waals surface area contributed by atoms with Gasteiger partial charge in [0.05, 0.1) is 22.9 Å². The van der Waals surface area contributed by atoms with Crippen molar-refractivity contribution >= 4 is 40.5 Å². The van der Waals surface area contributed by atoms with Gasteiger partial charge in [-0.15, -0.1) is 0 Å². The van der Waals surface area contributed by atoms with Gasteiger partial charge in [0, 0.05) is 12.7 Å². The molecular formula is C26H27FN4O2S. The predicted octanol–water partition coefficient (Wildman–Crippen LogP) is 4.84. The number of rotatable bonds is 3. The van der Waals surface area contributed by atoms with E-state index in [0.717, 1.165) is 18.4 Å². The average molecular weight is 479 g/mol. The maximum atomic E-state index is 15.0. The van der Waals surface area contributed by atoms with Gasteiger partial charge in [0.15, 0.2) is 5.11 Å². The molecule has 1 unspecified atom stereocenters. The van der Waals surface area contributed by atoms with Crippen LogP contribution in [0.5, 0.6) is 0 Å². The highest BCUT2D eigenvalue weighted by atomic mass is 32.1. The fourth-order valence-corrected chi connectivity index (χ4v) is 5.80. The first-order chi connectivity index (χ1) is 16.0. The molecule has 2 amide bonds. The molecule has 1 aliphatic carbocycles. The molecule has 34 heavy (non-hydrogen) atoms. The fraction of sp³-hybridized carbons (Fsp3) is 0.385. The number of carbonyl (C=O) groups excluding carboxylic acids is 2. The molecule has 2 aliphatic rings. The van der Waals surface area contributed by atoms with Crippen molar-refractivity contribution < 1.29 is 14.0 Å². The summed E-state index contributed by atoms with van der Waals surface area (Å²) in [5, 5.41) is 12.0. The predicted molar refractivity (Wildman–Crippen MR) is 133 cm³/mol. The minimum Gasteiger partial charge on any atom is -0.355 e. The number of benzene rings is 2. The maximum absolute atomic E-state index is 15.0. The highest BCUT2D eigenvalue weighted by molar-refractivity contribution is 7.81. The Labute approximate surface area is 204 Å². The Morgan fingerprint density at radius 3 is 2.47 bits per heavy atom. The number of amides is 2. The number of aryl methyl sites for hydroxylation is 1. The summed E-state index contributed by atoms with van der Waals surface area (Å²) in [6.45, 7) is 6.08. The van der Waals surface area contributed by atoms with Crippen LogP contribution in [0.15, 0.2) is 36.4 Å². The van der Waals surface area contributed by atoms with Crippen molar-refractivity contribution in [2.24, 2.45) is 5.41 Å². The first-order valence-corrected chi connectivity index (χ1v) is 11.7. The van der Waals surface area contributed by atoms with Crippen LogP contribution in [0.1, 0.15) is 61.0 Å². The molecule has 1 atom stereocenters. The van der Waals surface area contributed by atoms with Crippen LogP contribution in [0.25, 0.3) is 0 Å². The standard InChI is InChI=1S/C26H27FN4O2S/c1-16-12-18(7-6-17(16)14-28)30-23(33)26(11-5-10-25(2,3)15-26)31(24(30)34)19-8-9-20(21(27)13-19)22(32)29-4/h6-9,12-13H,5,10-11,15H2,1-4H3,(H,29,32). The van der Waals surface area contributed by atoms with E-state index in [-0.39, 0.29) is 22.0 Å². The van der Waals surface area contributed by atoms with Crippen molar-refractivity contribution in [2.45, 2.75) is 52.0 Å². The van der Waals surface area contributed by atoms with E-state index < -0.39 is 17.3 Å². The molecule has 1 N–H and O–H groups in total. The van der Waals surface area contributed by atoms with Crippen LogP contribution in [0, 0.1) is 29.5 Å². The van der Waals surface area contributed by atoms with Crippen LogP contribution in [0.3, 0.4) is 0 Å². The third-order valence-electron chi connectivity index (χ3n) is 6.90. The van der Waals surface area contributed by atoms with E-state index in [4.69, 9.17) is 12.2 Å². The summed E-state index contributed by atoms with van der Waals surface area (Å²) in [5.74, 6) is -1.34. The van der Waals surface area contributed by atoms with E-state index in [2.05, 4.69) is 25.2 Å². The monoisotopic (exact) mass is 478 g/mol. The summed E-state index contributed by atoms with van der Waals surface area (Å²) in [7, 11) is 1.44. The molecule has 0 bridgehead atoms. The van der Waals surface area contributed by atoms with Crippen LogP contribution in [0.4, 0.5) is 15.8 Å². The number of hydrogen-bond acceptors (Lipinski definition) is 4. The third-order valence-corrected chi connectivity index (χ3v) is 7.26. The SMILES string of the molecule is CNC(=O)c1ccc(N2C(=S)N(c3ccc(C#N)c(C)c3)C(=O)C23CCCC(C)(C)C3)cc1F. The molecule has 6 nitrogen and oxygen atoms in total. The van der Waals surface area contributed by atoms with Crippen LogP contribution >= 0.6 is 12.2 Å². The molecule has 0 radical (unpaired) electrons. The summed E-state index contributed by atoms with van der Waals surface area (Å²) in [5.41, 5.74) is 1.15. The van der Waals surface area contributed by atoms with Crippen LogP contribution in [-0.4, -0.2) is 29.5 Å². The Morgan fingerprint density at radius 2 is 1.88 bits per heavy atom. The smallest absolute Gasteiger partial charge is 0.259 e. The molecule has 8 heteroatoms. The number of carbonyl (C=O) groups is 2. The van der Waals surface area contributed by atoms with E-state index in [1.165, 1.54) is 24.1 Å². The molecule has 2 fully saturated rings. The summed E-state index contributed by atoms with van der Waals surface area (Å²) in [6.07, 6.45) is 2.95. The second kappa shape index (κ2) is 8.48. The second-order valence-electron chi connectivity index (χ2n) is 9.84. The topological polar surface area (TPSA) is 76.4 Å². The van der Waals surface area contributed by atoms with Crippen molar-refractivity contribution in [2.75, 3.05) is 16.8 Å². The van der Waals surface area contributed by atoms with E-state index in [0.29, 0.717) is 29.8 Å². The average Bonchev–Trinajstić information content (AvgIpc) is 2.97. The molecule has 0 aromatic heterocycles. The summed E-state index contributed by atoms with van der Waals surface area (Å²) in [4.78, 5) is 29.4. The van der Waals surface area contributed by atoms with Gasteiger partial charge < -0.3 is 10.2 Å². The normalized spacial score (nSPS) is 21.6. The Kier molecular flexibility index (Phi) is 5.94. The second-order valence-corrected chi connectivity index (χ2v) is 10.2. The highest BCUT2D eigenvalue weighted by Crippen LogP contribution is 2.50. The molecule has 4 rings (SSSR count). The van der Waals surface area contributed by atoms with Gasteiger partial charge in [0.2, 0.25) is 0 Å². The van der Waals surface area contributed by atoms with Crippen molar-refractivity contribution in [1.82, 2.24) is 5.32 Å². The Morgan fingerprint density at radius 1 is 1.18 bits per heavy atom. The van der Waals surface area contributed by atoms with Gasteiger partial charge in [-0.25, -0.2) is 4.39 Å². The lowest BCUT2D eigenvalue weighted by Gasteiger charge is -2.45. The Balaban J connectivity index is 1.87. The van der Waals surface area contributed by atoms with Gasteiger partial charge in [-0.05, 0) is 85.8 Å². The fourth-order valence-electron chi connectivity index (χ4n) is 5.33. The zero-order valence-corrected chi connectivity index (χ0v) is 20.6. The van der Waals surface area contributed by atoms with E-state index in [1.54, 1.807) is 29.2 Å². The molecule has 2 aromatic carbocycles. The van der Waals surface area contributed by atoms with Crippen LogP contribution in [-0.2, 0) is 4.79 Å². The quantitative estimate of drug-likeness (QED) is 0.639. The zero-order chi connectivity index (χ0) is 24.8. The lowest BCUT2D eigenvalue weighted by Crippen LogP contribution is -2.54. The number of nitriles is 1. The van der Waals surface area contributed by atoms with E-state index >= 15 is 0 Å². The number of anilines is 2. The molecule has 176 valence electrons. The number of nitrogens with zero attached hydrogens (tertiary/aromatic N) is 3. The summed E-state index contributed by atoms with van der Waals surface area (Å²) in [6, 6.07) is 11.7. The first-order valence-electron chi connectivity index (χ1n) is 11.3. The minimum atomic E-state index is -0.957. The summed E-state index contributed by atoms with van der Waals surface area (Å²) < 4.78 is 15.0. The van der Waals surface area contributed by atoms with Crippen LogP contribution in [0.2, 0.25) is 0 Å². The summed E-state index contributed by atoms with van der Waals surface area (Å²) >= 11 is 5.85. The lowest BCUT2D eigenvalue weighted by molar-refractivity contribution is -0.123. The van der Waals surface area contributed by atoms with Gasteiger partial charge in [-0.3, -0.25) is 14.5 Å². The highest BCUT2D eigenvalue weighted by Gasteiger charge is 2.59. The molecule has 2 aromatic rings. The zero-order valence-electron chi connectivity index (χ0n) is 19.7. The van der Waals surface area contributed by atoms with Gasteiger partial charge in [-0.1, -0.05) is 20.3 Å². The molecular weight excluding hydrogens is 451 g/mol. The molecule has 1 spiro atoms. The van der Waals surface area contributed by atoms with Gasteiger partial charge in [0.25, 0.3) is 11.8 Å². The van der Waals surface area contributed by atoms with Gasteiger partial charge in [-0.2, -0.15) is 5.26 Å². The number of halogens is 1. The third kappa shape index (κ3) is 3.74. The van der Waals surface area contributed by atoms with Gasteiger partial charge in [0.1, 0.15) is 11.4 Å². The number of thiocarbonyl (C=S) groups is 1. The van der Waals surface area contributed by atoms with Crippen molar-refractivity contribution in [3.63, 3.8) is 0 Å². The van der Waals surface area contributed by atoms with Crippen LogP contribution < -0.4 is 15.1 Å². The van der Waals surface area contributed by atoms with Crippen molar-refractivity contribution in [1.29, 1.82) is 5.26 Å². The van der Waals surface area contributed by atoms with E-state index in [9.17, 15) is 19.2 Å².